The van der Waals surface area contributed by atoms with E-state index in [0.717, 1.165) is 0 Å². The molecule has 0 aromatic rings. The van der Waals surface area contributed by atoms with E-state index in [1.165, 1.54) is 0 Å². The average Bonchev–Trinajstić information content (AvgIpc) is 0. The van der Waals surface area contributed by atoms with Crippen LogP contribution in [0.3, 0.4) is 0 Å². The summed E-state index contributed by atoms with van der Waals surface area (Å²) in [6, 6.07) is 0. The number of rotatable bonds is 0. The third-order valence-corrected chi connectivity index (χ3v) is 0. The summed E-state index contributed by atoms with van der Waals surface area (Å²) in [5.74, 6) is 0. The van der Waals surface area contributed by atoms with Gasteiger partial charge in [0.1, 0.15) is 0 Å². The molecular formula is HBrCeMnZr. The van der Waals surface area contributed by atoms with Crippen molar-refractivity contribution < 1.29 is 85.0 Å². The second-order valence-electron chi connectivity index (χ2n) is 0. The summed E-state index contributed by atoms with van der Waals surface area (Å²) < 4.78 is 0. The van der Waals surface area contributed by atoms with Gasteiger partial charge in [-0.2, -0.15) is 0 Å². The van der Waals surface area contributed by atoms with Gasteiger partial charge >= 0.3 is 0 Å². The van der Waals surface area contributed by atoms with Gasteiger partial charge in [0.25, 0.3) is 0 Å². The molecule has 0 heterocycles. The molecule has 0 unspecified atom stereocenters. The SMILES string of the molecule is Br.[Ce].[Mn].[Zr]. The van der Waals surface area contributed by atoms with Crippen LogP contribution in [0.15, 0.2) is 0 Å². The van der Waals surface area contributed by atoms with Gasteiger partial charge in [0, 0.05) is 85.0 Å². The first-order chi connectivity index (χ1) is 0. The van der Waals surface area contributed by atoms with E-state index >= 15 is 0 Å². The predicted molar refractivity (Wildman–Crippen MR) is 10.3 cm³/mol. The molecule has 0 aliphatic rings. The molecule has 0 saturated carbocycles. The van der Waals surface area contributed by atoms with Crippen molar-refractivity contribution in [1.82, 2.24) is 0 Å². The number of hydrogen-bond donors (Lipinski definition) is 0. The Hall–Kier alpha value is 3.26. The van der Waals surface area contributed by atoms with E-state index in [2.05, 4.69) is 0 Å². The topological polar surface area (TPSA) is 0 Å². The normalized spacial score (nSPS) is 0. The van der Waals surface area contributed by atoms with Crippen molar-refractivity contribution in [3.8, 4) is 0 Å². The molecule has 0 aliphatic heterocycles. The molecule has 0 atom stereocenters. The molecule has 0 aromatic heterocycles. The van der Waals surface area contributed by atoms with Crippen LogP contribution in [0.5, 0.6) is 0 Å². The van der Waals surface area contributed by atoms with E-state index in [4.69, 9.17) is 0 Å². The van der Waals surface area contributed by atoms with E-state index in [0.29, 0.717) is 0 Å². The van der Waals surface area contributed by atoms with E-state index in [1.54, 1.807) is 0 Å². The van der Waals surface area contributed by atoms with E-state index < -0.39 is 0 Å². The summed E-state index contributed by atoms with van der Waals surface area (Å²) in [7, 11) is 0. The first kappa shape index (κ1) is 26.8. The monoisotopic (exact) mass is 365 g/mol. The van der Waals surface area contributed by atoms with Gasteiger partial charge in [-0.25, -0.2) is 0 Å². The van der Waals surface area contributed by atoms with E-state index in [-0.39, 0.29) is 102 Å². The summed E-state index contributed by atoms with van der Waals surface area (Å²) in [4.78, 5) is 0. The molecule has 0 rings (SSSR count). The van der Waals surface area contributed by atoms with Crippen LogP contribution < -0.4 is 0 Å². The second-order valence-corrected chi connectivity index (χ2v) is 0. The molecule has 0 N–H and O–H groups in total. The van der Waals surface area contributed by atoms with Gasteiger partial charge in [0.05, 0.1) is 0 Å². The zero-order chi connectivity index (χ0) is 0. The second kappa shape index (κ2) is 16.3. The van der Waals surface area contributed by atoms with Crippen LogP contribution in [0.1, 0.15) is 0 Å². The molecule has 1 radical (unpaired) electrons. The predicted octanol–water partition coefficient (Wildman–Crippen LogP) is 0.573. The Bertz CT molecular complexity index is 8.00. The van der Waals surface area contributed by atoms with Crippen LogP contribution >= 0.6 is 17.0 Å². The molecule has 0 saturated heterocycles. The molecule has 0 nitrogen and oxygen atoms in total. The Balaban J connectivity index is 0. The smallest absolute Gasteiger partial charge is 0 e. The molecule has 0 bridgehead atoms. The van der Waals surface area contributed by atoms with Crippen molar-refractivity contribution in [1.29, 1.82) is 0 Å². The maximum absolute atomic E-state index is 0. The maximum atomic E-state index is 0. The Morgan fingerprint density at radius 3 is 1.00 bits per heavy atom. The number of halogens is 1. The molecule has 0 aliphatic carbocycles. The first-order valence-electron chi connectivity index (χ1n) is 0. The average molecular weight is 367 g/mol. The zero-order valence-electron chi connectivity index (χ0n) is 1.79. The van der Waals surface area contributed by atoms with Crippen LogP contribution in [0, 0.1) is 41.7 Å². The largest absolute Gasteiger partial charge is 0.114 e. The molecule has 4 heteroatoms. The molecule has 4 heavy (non-hydrogen) atoms. The zero-order valence-corrected chi connectivity index (χ0v) is 10.3. The van der Waals surface area contributed by atoms with Gasteiger partial charge in [-0.3, -0.25) is 0 Å². The quantitative estimate of drug-likeness (QED) is 0.550. The van der Waals surface area contributed by atoms with Crippen molar-refractivity contribution in [3.05, 3.63) is 0 Å². The molecule has 0 amide bonds. The fourth-order valence-corrected chi connectivity index (χ4v) is 0. The van der Waals surface area contributed by atoms with Crippen LogP contribution in [0.4, 0.5) is 0 Å². The van der Waals surface area contributed by atoms with Gasteiger partial charge in [-0.15, -0.1) is 17.0 Å². The van der Waals surface area contributed by atoms with Crippen molar-refractivity contribution in [3.63, 3.8) is 0 Å². The standard InChI is InChI=1S/BrH.Ce.Mn.Zr/h1H;;;. The molecule has 0 fully saturated rings. The first-order valence-corrected chi connectivity index (χ1v) is 0. The van der Waals surface area contributed by atoms with Crippen molar-refractivity contribution in [2.75, 3.05) is 0 Å². The van der Waals surface area contributed by atoms with Crippen LogP contribution in [0.2, 0.25) is 0 Å². The maximum Gasteiger partial charge on any atom is 0 e. The Kier molecular flexibility index (Phi) is 109. The summed E-state index contributed by atoms with van der Waals surface area (Å²) >= 11 is 0. The Morgan fingerprint density at radius 1 is 1.00 bits per heavy atom. The van der Waals surface area contributed by atoms with E-state index in [1.807, 2.05) is 0 Å². The summed E-state index contributed by atoms with van der Waals surface area (Å²) in [5.41, 5.74) is 0. The Labute approximate surface area is 99.6 Å². The Morgan fingerprint density at radius 2 is 1.00 bits per heavy atom. The minimum absolute atomic E-state index is 0. The minimum atomic E-state index is 0. The fraction of sp³-hybridized carbons (Fsp3) is 0. The van der Waals surface area contributed by atoms with Gasteiger partial charge in [-0.05, 0) is 0 Å². The molecule has 23 valence electrons. The molecular weight excluding hydrogens is 366 g/mol. The van der Waals surface area contributed by atoms with Gasteiger partial charge in [0.15, 0.2) is 0 Å². The van der Waals surface area contributed by atoms with Crippen molar-refractivity contribution >= 4 is 17.0 Å². The number of hydrogen-bond acceptors (Lipinski definition) is 0. The fourth-order valence-electron chi connectivity index (χ4n) is 0. The van der Waals surface area contributed by atoms with Crippen LogP contribution in [-0.2, 0) is 43.3 Å². The molecule has 0 spiro atoms. The van der Waals surface area contributed by atoms with Crippen molar-refractivity contribution in [2.45, 2.75) is 0 Å². The minimum Gasteiger partial charge on any atom is -0.114 e. The van der Waals surface area contributed by atoms with Gasteiger partial charge in [0.2, 0.25) is 0 Å². The van der Waals surface area contributed by atoms with Crippen molar-refractivity contribution in [2.24, 2.45) is 0 Å². The van der Waals surface area contributed by atoms with Gasteiger partial charge < -0.3 is 0 Å². The van der Waals surface area contributed by atoms with Crippen LogP contribution in [0.25, 0.3) is 0 Å². The summed E-state index contributed by atoms with van der Waals surface area (Å²) in [5, 5.41) is 0. The summed E-state index contributed by atoms with van der Waals surface area (Å²) in [6.07, 6.45) is 0. The third-order valence-electron chi connectivity index (χ3n) is 0. The van der Waals surface area contributed by atoms with Gasteiger partial charge in [-0.1, -0.05) is 0 Å². The third kappa shape index (κ3) is 8.98. The molecule has 0 aromatic carbocycles. The van der Waals surface area contributed by atoms with Crippen LogP contribution in [-0.4, -0.2) is 0 Å². The summed E-state index contributed by atoms with van der Waals surface area (Å²) in [6.45, 7) is 0. The van der Waals surface area contributed by atoms with E-state index in [9.17, 15) is 0 Å².